The zero-order valence-electron chi connectivity index (χ0n) is 12.1. The molecule has 5 heterocycles. The van der Waals surface area contributed by atoms with Gasteiger partial charge in [0.25, 0.3) is 5.91 Å². The SMILES string of the molecule is O=C(c1n[nH]c2cc(Cl)ccc12)N1CC2CN3CCC2C1C3. The molecule has 4 bridgehead atoms. The van der Waals surface area contributed by atoms with Gasteiger partial charge in [-0.1, -0.05) is 11.6 Å². The van der Waals surface area contributed by atoms with Gasteiger partial charge < -0.3 is 9.80 Å². The van der Waals surface area contributed by atoms with Crippen molar-refractivity contribution in [3.63, 3.8) is 0 Å². The number of H-pyrrole nitrogens is 1. The number of hydrogen-bond acceptors (Lipinski definition) is 3. The van der Waals surface area contributed by atoms with Crippen molar-refractivity contribution < 1.29 is 4.79 Å². The van der Waals surface area contributed by atoms with E-state index in [1.165, 1.54) is 13.0 Å². The molecule has 4 aliphatic heterocycles. The number of aromatic nitrogens is 2. The fraction of sp³-hybridized carbons (Fsp3) is 0.500. The smallest absolute Gasteiger partial charge is 0.275 e. The number of fused-ring (bicyclic) bond motifs is 2. The van der Waals surface area contributed by atoms with E-state index in [2.05, 4.69) is 20.0 Å². The standard InChI is InChI=1S/C16H17ClN4O/c17-10-1-2-12-13(5-10)18-19-15(12)16(22)21-7-9-6-20-4-3-11(9)14(21)8-20/h1-2,5,9,11,14H,3-4,6-8H2,(H,18,19). The molecule has 4 atom stereocenters. The Kier molecular flexibility index (Phi) is 2.62. The van der Waals surface area contributed by atoms with Crippen molar-refractivity contribution >= 4 is 28.4 Å². The molecule has 6 rings (SSSR count). The first-order chi connectivity index (χ1) is 10.7. The molecule has 1 aromatic carbocycles. The van der Waals surface area contributed by atoms with Crippen LogP contribution in [0.25, 0.3) is 10.9 Å². The van der Waals surface area contributed by atoms with Crippen LogP contribution >= 0.6 is 11.6 Å². The lowest BCUT2D eigenvalue weighted by molar-refractivity contribution is 0.0420. The fourth-order valence-corrected chi connectivity index (χ4v) is 4.81. The van der Waals surface area contributed by atoms with Gasteiger partial charge in [0.15, 0.2) is 5.69 Å². The minimum Gasteiger partial charge on any atom is -0.332 e. The van der Waals surface area contributed by atoms with Crippen molar-refractivity contribution in [2.75, 3.05) is 26.2 Å². The largest absolute Gasteiger partial charge is 0.332 e. The molecule has 0 aliphatic carbocycles. The van der Waals surface area contributed by atoms with E-state index in [1.807, 2.05) is 18.2 Å². The molecule has 0 radical (unpaired) electrons. The first kappa shape index (κ1) is 12.9. The van der Waals surface area contributed by atoms with Gasteiger partial charge in [0, 0.05) is 36.1 Å². The van der Waals surface area contributed by atoms with E-state index in [1.54, 1.807) is 0 Å². The second-order valence-corrected chi connectivity index (χ2v) is 7.20. The van der Waals surface area contributed by atoms with E-state index in [0.717, 1.165) is 30.5 Å². The maximum Gasteiger partial charge on any atom is 0.275 e. The van der Waals surface area contributed by atoms with Gasteiger partial charge in [-0.25, -0.2) is 0 Å². The maximum absolute atomic E-state index is 13.0. The number of piperidine rings is 3. The van der Waals surface area contributed by atoms with Crippen LogP contribution in [0.3, 0.4) is 0 Å². The minimum atomic E-state index is 0.0647. The van der Waals surface area contributed by atoms with Crippen molar-refractivity contribution in [2.45, 2.75) is 12.5 Å². The zero-order chi connectivity index (χ0) is 14.8. The van der Waals surface area contributed by atoms with E-state index in [9.17, 15) is 4.79 Å². The van der Waals surface area contributed by atoms with Crippen LogP contribution in [-0.2, 0) is 0 Å². The average molecular weight is 317 g/mol. The number of carbonyl (C=O) groups excluding carboxylic acids is 1. The lowest BCUT2D eigenvalue weighted by atomic mass is 9.80. The number of hydrogen-bond donors (Lipinski definition) is 1. The van der Waals surface area contributed by atoms with Crippen LogP contribution in [-0.4, -0.2) is 58.1 Å². The topological polar surface area (TPSA) is 52.2 Å². The minimum absolute atomic E-state index is 0.0647. The number of carbonyl (C=O) groups is 1. The molecule has 1 amide bonds. The highest BCUT2D eigenvalue weighted by Crippen LogP contribution is 2.42. The molecule has 4 unspecified atom stereocenters. The highest BCUT2D eigenvalue weighted by atomic mass is 35.5. The Balaban J connectivity index is 1.51. The molecule has 5 nitrogen and oxygen atoms in total. The lowest BCUT2D eigenvalue weighted by Gasteiger charge is -2.44. The Morgan fingerprint density at radius 2 is 2.23 bits per heavy atom. The molecule has 0 saturated carbocycles. The summed E-state index contributed by atoms with van der Waals surface area (Å²) in [5, 5.41) is 8.72. The molecule has 1 N–H and O–H groups in total. The Bertz CT molecular complexity index is 773. The third-order valence-corrected chi connectivity index (χ3v) is 5.87. The predicted octanol–water partition coefficient (Wildman–Crippen LogP) is 1.99. The number of rotatable bonds is 1. The molecular formula is C16H17ClN4O. The average Bonchev–Trinajstić information content (AvgIpc) is 3.05. The summed E-state index contributed by atoms with van der Waals surface area (Å²) in [4.78, 5) is 17.6. The van der Waals surface area contributed by atoms with Crippen LogP contribution < -0.4 is 0 Å². The van der Waals surface area contributed by atoms with Crippen LogP contribution in [0, 0.1) is 11.8 Å². The highest BCUT2D eigenvalue weighted by molar-refractivity contribution is 6.31. The van der Waals surface area contributed by atoms with Gasteiger partial charge in [-0.2, -0.15) is 5.10 Å². The van der Waals surface area contributed by atoms with Crippen molar-refractivity contribution in [2.24, 2.45) is 11.8 Å². The van der Waals surface area contributed by atoms with Crippen molar-refractivity contribution in [3.05, 3.63) is 28.9 Å². The van der Waals surface area contributed by atoms with E-state index in [-0.39, 0.29) is 5.91 Å². The quantitative estimate of drug-likeness (QED) is 0.875. The van der Waals surface area contributed by atoms with Gasteiger partial charge in [-0.15, -0.1) is 0 Å². The Hall–Kier alpha value is -1.59. The van der Waals surface area contributed by atoms with Gasteiger partial charge >= 0.3 is 0 Å². The van der Waals surface area contributed by atoms with Crippen LogP contribution in [0.15, 0.2) is 18.2 Å². The van der Waals surface area contributed by atoms with Gasteiger partial charge in [0.2, 0.25) is 0 Å². The number of nitrogens with one attached hydrogen (secondary N) is 1. The molecule has 6 heteroatoms. The van der Waals surface area contributed by atoms with Crippen molar-refractivity contribution in [1.29, 1.82) is 0 Å². The first-order valence-electron chi connectivity index (χ1n) is 7.87. The van der Waals surface area contributed by atoms with E-state index < -0.39 is 0 Å². The van der Waals surface area contributed by atoms with Gasteiger partial charge in [0.05, 0.1) is 5.52 Å². The summed E-state index contributed by atoms with van der Waals surface area (Å²) in [6.45, 7) is 4.26. The molecule has 4 fully saturated rings. The number of aromatic amines is 1. The predicted molar refractivity (Wildman–Crippen MR) is 84.0 cm³/mol. The molecule has 4 aliphatic rings. The monoisotopic (exact) mass is 316 g/mol. The van der Waals surface area contributed by atoms with Gasteiger partial charge in [0.1, 0.15) is 0 Å². The van der Waals surface area contributed by atoms with Crippen molar-refractivity contribution in [3.8, 4) is 0 Å². The number of likely N-dealkylation sites (tertiary alicyclic amines) is 1. The third-order valence-electron chi connectivity index (χ3n) is 5.64. The summed E-state index contributed by atoms with van der Waals surface area (Å²) in [5.41, 5.74) is 1.35. The third kappa shape index (κ3) is 1.69. The number of halogens is 1. The van der Waals surface area contributed by atoms with Crippen LogP contribution in [0.2, 0.25) is 5.02 Å². The Morgan fingerprint density at radius 1 is 1.32 bits per heavy atom. The van der Waals surface area contributed by atoms with E-state index >= 15 is 0 Å². The molecular weight excluding hydrogens is 300 g/mol. The summed E-state index contributed by atoms with van der Waals surface area (Å²) in [6.07, 6.45) is 1.23. The summed E-state index contributed by atoms with van der Waals surface area (Å²) in [6, 6.07) is 5.88. The van der Waals surface area contributed by atoms with Crippen LogP contribution in [0.5, 0.6) is 0 Å². The molecule has 2 aromatic rings. The second kappa shape index (κ2) is 4.46. The molecule has 114 valence electrons. The summed E-state index contributed by atoms with van der Waals surface area (Å²) in [5.74, 6) is 1.40. The lowest BCUT2D eigenvalue weighted by Crippen LogP contribution is -2.54. The Morgan fingerprint density at radius 3 is 3.05 bits per heavy atom. The fourth-order valence-electron chi connectivity index (χ4n) is 4.63. The highest BCUT2D eigenvalue weighted by Gasteiger charge is 2.51. The normalized spacial score (nSPS) is 32.9. The van der Waals surface area contributed by atoms with Crippen molar-refractivity contribution in [1.82, 2.24) is 20.0 Å². The van der Waals surface area contributed by atoms with Crippen LogP contribution in [0.1, 0.15) is 16.9 Å². The van der Waals surface area contributed by atoms with Gasteiger partial charge in [-0.05, 0) is 43.0 Å². The molecule has 22 heavy (non-hydrogen) atoms. The summed E-state index contributed by atoms with van der Waals surface area (Å²) in [7, 11) is 0. The van der Waals surface area contributed by atoms with E-state index in [0.29, 0.717) is 28.6 Å². The summed E-state index contributed by atoms with van der Waals surface area (Å²) < 4.78 is 0. The second-order valence-electron chi connectivity index (χ2n) is 6.76. The number of amides is 1. The van der Waals surface area contributed by atoms with Gasteiger partial charge in [-0.3, -0.25) is 9.89 Å². The molecule has 0 spiro atoms. The number of benzene rings is 1. The zero-order valence-corrected chi connectivity index (χ0v) is 12.9. The number of nitrogens with zero attached hydrogens (tertiary/aromatic N) is 3. The van der Waals surface area contributed by atoms with Crippen LogP contribution in [0.4, 0.5) is 0 Å². The molecule has 1 aromatic heterocycles. The summed E-state index contributed by atoms with van der Waals surface area (Å²) >= 11 is 6.00. The Labute approximate surface area is 133 Å². The van der Waals surface area contributed by atoms with E-state index in [4.69, 9.17) is 11.6 Å². The molecule has 4 saturated heterocycles. The maximum atomic E-state index is 13.0. The first-order valence-corrected chi connectivity index (χ1v) is 8.25.